The molecule has 64 valence electrons. The van der Waals surface area contributed by atoms with Gasteiger partial charge in [0.1, 0.15) is 0 Å². The Bertz CT molecular complexity index is 134. The molecule has 0 aromatic rings. The van der Waals surface area contributed by atoms with Gasteiger partial charge in [-0.2, -0.15) is 0 Å². The topological polar surface area (TPSA) is 64.3 Å². The maximum atomic E-state index is 10.5. The minimum Gasteiger partial charge on any atom is -0.377 e. The standard InChI is InChI=1S/C7H14N2O2/c1-2-3-5-11-6-4-7(10)9-8/h2-3H,4-6,8H2,1H3,(H,9,10). The van der Waals surface area contributed by atoms with Gasteiger partial charge >= 0.3 is 0 Å². The van der Waals surface area contributed by atoms with Crippen molar-refractivity contribution < 1.29 is 9.53 Å². The van der Waals surface area contributed by atoms with Crippen molar-refractivity contribution in [2.45, 2.75) is 13.3 Å². The van der Waals surface area contributed by atoms with Crippen LogP contribution in [0.5, 0.6) is 0 Å². The summed E-state index contributed by atoms with van der Waals surface area (Å²) in [6.07, 6.45) is 4.08. The van der Waals surface area contributed by atoms with Crippen molar-refractivity contribution >= 4 is 5.91 Å². The number of ether oxygens (including phenoxy) is 1. The molecule has 0 spiro atoms. The van der Waals surface area contributed by atoms with Crippen LogP contribution >= 0.6 is 0 Å². The van der Waals surface area contributed by atoms with Crippen molar-refractivity contribution in [3.8, 4) is 0 Å². The number of rotatable bonds is 5. The largest absolute Gasteiger partial charge is 0.377 e. The lowest BCUT2D eigenvalue weighted by Crippen LogP contribution is -2.30. The molecule has 3 N–H and O–H groups in total. The monoisotopic (exact) mass is 158 g/mol. The highest BCUT2D eigenvalue weighted by molar-refractivity contribution is 5.75. The molecule has 1 amide bonds. The molecule has 0 rings (SSSR count). The summed E-state index contributed by atoms with van der Waals surface area (Å²) in [7, 11) is 0. The molecule has 0 atom stereocenters. The number of hydrazine groups is 1. The Hall–Kier alpha value is -0.870. The number of nitrogens with one attached hydrogen (secondary N) is 1. The maximum absolute atomic E-state index is 10.5. The van der Waals surface area contributed by atoms with Gasteiger partial charge in [0.2, 0.25) is 5.91 Å². The fourth-order valence-corrected chi connectivity index (χ4v) is 0.485. The summed E-state index contributed by atoms with van der Waals surface area (Å²) in [4.78, 5) is 10.5. The normalized spacial score (nSPS) is 10.4. The molecule has 0 saturated heterocycles. The van der Waals surface area contributed by atoms with Crippen molar-refractivity contribution in [2.75, 3.05) is 13.2 Å². The molecule has 0 aliphatic heterocycles. The Kier molecular flexibility index (Phi) is 6.67. The second-order valence-corrected chi connectivity index (χ2v) is 1.96. The van der Waals surface area contributed by atoms with E-state index in [2.05, 4.69) is 0 Å². The smallest absolute Gasteiger partial charge is 0.236 e. The molecule has 11 heavy (non-hydrogen) atoms. The van der Waals surface area contributed by atoms with Gasteiger partial charge < -0.3 is 4.74 Å². The van der Waals surface area contributed by atoms with E-state index in [1.165, 1.54) is 0 Å². The lowest BCUT2D eigenvalue weighted by atomic mass is 10.4. The summed E-state index contributed by atoms with van der Waals surface area (Å²) in [6.45, 7) is 2.87. The van der Waals surface area contributed by atoms with E-state index in [1.807, 2.05) is 24.5 Å². The van der Waals surface area contributed by atoms with Gasteiger partial charge in [-0.15, -0.1) is 0 Å². The second kappa shape index (κ2) is 7.24. The van der Waals surface area contributed by atoms with Gasteiger partial charge in [-0.05, 0) is 6.92 Å². The van der Waals surface area contributed by atoms with E-state index in [9.17, 15) is 4.79 Å². The number of carbonyl (C=O) groups excluding carboxylic acids is 1. The highest BCUT2D eigenvalue weighted by Gasteiger charge is 1.95. The minimum atomic E-state index is -0.203. The quantitative estimate of drug-likeness (QED) is 0.194. The Labute approximate surface area is 66.4 Å². The van der Waals surface area contributed by atoms with Gasteiger partial charge in [-0.3, -0.25) is 10.2 Å². The molecular formula is C7H14N2O2. The summed E-state index contributed by atoms with van der Waals surface area (Å²) < 4.78 is 5.04. The number of hydrogen-bond donors (Lipinski definition) is 2. The molecule has 0 aromatic heterocycles. The molecule has 0 bridgehead atoms. The predicted octanol–water partition coefficient (Wildman–Crippen LogP) is -0.0409. The zero-order valence-electron chi connectivity index (χ0n) is 6.67. The van der Waals surface area contributed by atoms with Crippen LogP contribution in [0.4, 0.5) is 0 Å². The van der Waals surface area contributed by atoms with Crippen molar-refractivity contribution in [2.24, 2.45) is 5.84 Å². The Morgan fingerprint density at radius 2 is 2.45 bits per heavy atom. The Morgan fingerprint density at radius 3 is 3.00 bits per heavy atom. The van der Waals surface area contributed by atoms with E-state index in [0.717, 1.165) is 0 Å². The first-order chi connectivity index (χ1) is 5.31. The van der Waals surface area contributed by atoms with Gasteiger partial charge in [0.05, 0.1) is 19.6 Å². The van der Waals surface area contributed by atoms with Crippen molar-refractivity contribution in [1.29, 1.82) is 0 Å². The first-order valence-electron chi connectivity index (χ1n) is 3.49. The van der Waals surface area contributed by atoms with E-state index >= 15 is 0 Å². The van der Waals surface area contributed by atoms with Crippen LogP contribution in [0.25, 0.3) is 0 Å². The SMILES string of the molecule is CC=CCOCCC(=O)NN. The van der Waals surface area contributed by atoms with Gasteiger partial charge in [0, 0.05) is 0 Å². The highest BCUT2D eigenvalue weighted by atomic mass is 16.5. The van der Waals surface area contributed by atoms with E-state index in [-0.39, 0.29) is 5.91 Å². The van der Waals surface area contributed by atoms with E-state index in [1.54, 1.807) is 0 Å². The number of nitrogens with two attached hydrogens (primary N) is 1. The molecule has 4 heteroatoms. The van der Waals surface area contributed by atoms with Crippen molar-refractivity contribution in [3.63, 3.8) is 0 Å². The van der Waals surface area contributed by atoms with Crippen LogP contribution in [0.15, 0.2) is 12.2 Å². The van der Waals surface area contributed by atoms with Crippen molar-refractivity contribution in [3.05, 3.63) is 12.2 Å². The molecule has 0 fully saturated rings. The number of carbonyl (C=O) groups is 1. The molecular weight excluding hydrogens is 144 g/mol. The molecule has 4 nitrogen and oxygen atoms in total. The third-order valence-corrected chi connectivity index (χ3v) is 1.08. The first-order valence-corrected chi connectivity index (χ1v) is 3.49. The van der Waals surface area contributed by atoms with E-state index in [0.29, 0.717) is 19.6 Å². The average Bonchev–Trinajstić information content (AvgIpc) is 2.04. The zero-order valence-corrected chi connectivity index (χ0v) is 6.67. The van der Waals surface area contributed by atoms with Gasteiger partial charge in [0.15, 0.2) is 0 Å². The number of hydrogen-bond acceptors (Lipinski definition) is 3. The molecule has 0 radical (unpaired) electrons. The Morgan fingerprint density at radius 1 is 1.73 bits per heavy atom. The second-order valence-electron chi connectivity index (χ2n) is 1.96. The molecule has 0 aliphatic carbocycles. The van der Waals surface area contributed by atoms with Crippen LogP contribution < -0.4 is 11.3 Å². The van der Waals surface area contributed by atoms with Crippen molar-refractivity contribution in [1.82, 2.24) is 5.43 Å². The third kappa shape index (κ3) is 7.02. The first kappa shape index (κ1) is 10.1. The maximum Gasteiger partial charge on any atom is 0.236 e. The molecule has 0 saturated carbocycles. The summed E-state index contributed by atoms with van der Waals surface area (Å²) in [6, 6.07) is 0. The van der Waals surface area contributed by atoms with Gasteiger partial charge in [-0.25, -0.2) is 5.84 Å². The summed E-state index contributed by atoms with van der Waals surface area (Å²) in [5.41, 5.74) is 2.02. The summed E-state index contributed by atoms with van der Waals surface area (Å²) >= 11 is 0. The third-order valence-electron chi connectivity index (χ3n) is 1.08. The molecule has 0 aromatic carbocycles. The lowest BCUT2D eigenvalue weighted by molar-refractivity contribution is -0.122. The highest BCUT2D eigenvalue weighted by Crippen LogP contribution is 1.82. The van der Waals surface area contributed by atoms with E-state index < -0.39 is 0 Å². The van der Waals surface area contributed by atoms with Crippen LogP contribution in [0, 0.1) is 0 Å². The van der Waals surface area contributed by atoms with Crippen LogP contribution in [0.2, 0.25) is 0 Å². The summed E-state index contributed by atoms with van der Waals surface area (Å²) in [5.74, 6) is 4.64. The average molecular weight is 158 g/mol. The van der Waals surface area contributed by atoms with Crippen LogP contribution in [0.3, 0.4) is 0 Å². The lowest BCUT2D eigenvalue weighted by Gasteiger charge is -1.99. The van der Waals surface area contributed by atoms with Crippen LogP contribution in [-0.2, 0) is 9.53 Å². The van der Waals surface area contributed by atoms with Gasteiger partial charge in [-0.1, -0.05) is 12.2 Å². The predicted molar refractivity (Wildman–Crippen MR) is 42.6 cm³/mol. The van der Waals surface area contributed by atoms with Crippen LogP contribution in [-0.4, -0.2) is 19.1 Å². The van der Waals surface area contributed by atoms with E-state index in [4.69, 9.17) is 10.6 Å². The van der Waals surface area contributed by atoms with Gasteiger partial charge in [0.25, 0.3) is 0 Å². The zero-order chi connectivity index (χ0) is 8.53. The number of allylic oxidation sites excluding steroid dienone is 1. The molecule has 0 unspecified atom stereocenters. The number of amides is 1. The molecule has 0 heterocycles. The summed E-state index contributed by atoms with van der Waals surface area (Å²) in [5, 5.41) is 0. The molecule has 0 aliphatic rings. The Balaban J connectivity index is 3.08. The van der Waals surface area contributed by atoms with Crippen LogP contribution in [0.1, 0.15) is 13.3 Å². The fourth-order valence-electron chi connectivity index (χ4n) is 0.485. The minimum absolute atomic E-state index is 0.203. The fraction of sp³-hybridized carbons (Fsp3) is 0.571.